The molecule has 3 aromatic rings. The number of hydrogen-bond donors (Lipinski definition) is 1. The van der Waals surface area contributed by atoms with Crippen molar-refractivity contribution in [3.05, 3.63) is 76.0 Å². The lowest BCUT2D eigenvalue weighted by atomic mass is 9.73. The number of nitrogens with one attached hydrogen (secondary N) is 1. The number of rotatable bonds is 7. The highest BCUT2D eigenvalue weighted by molar-refractivity contribution is 7.98. The van der Waals surface area contributed by atoms with Crippen molar-refractivity contribution in [3.63, 3.8) is 0 Å². The Kier molecular flexibility index (Phi) is 6.64. The molecule has 2 aromatic carbocycles. The number of carbonyl (C=O) groups excluding carboxylic acids is 1. The molecule has 0 spiro atoms. The molecule has 1 atom stereocenters. The van der Waals surface area contributed by atoms with E-state index in [0.29, 0.717) is 29.9 Å². The van der Waals surface area contributed by atoms with Crippen molar-refractivity contribution >= 4 is 35.1 Å². The first-order valence-electron chi connectivity index (χ1n) is 11.9. The van der Waals surface area contributed by atoms with Gasteiger partial charge in [-0.3, -0.25) is 4.79 Å². The first-order valence-corrected chi connectivity index (χ1v) is 13.3. The maximum absolute atomic E-state index is 13.4. The van der Waals surface area contributed by atoms with Gasteiger partial charge in [0.05, 0.1) is 6.61 Å². The molecule has 2 heterocycles. The van der Waals surface area contributed by atoms with Crippen LogP contribution in [0.1, 0.15) is 57.2 Å². The lowest BCUT2D eigenvalue weighted by molar-refractivity contribution is -0.118. The summed E-state index contributed by atoms with van der Waals surface area (Å²) in [6.07, 6.45) is 2.22. The minimum Gasteiger partial charge on any atom is -0.494 e. The van der Waals surface area contributed by atoms with Crippen molar-refractivity contribution in [3.8, 4) is 5.75 Å². The number of aromatic nitrogens is 3. The largest absolute Gasteiger partial charge is 0.494 e. The molecule has 0 bridgehead atoms. The van der Waals surface area contributed by atoms with E-state index in [1.807, 2.05) is 53.2 Å². The van der Waals surface area contributed by atoms with Crippen LogP contribution < -0.4 is 10.1 Å². The molecule has 2 aliphatic rings. The molecule has 1 aromatic heterocycles. The molecule has 6 nitrogen and oxygen atoms in total. The van der Waals surface area contributed by atoms with Gasteiger partial charge in [-0.15, -0.1) is 5.10 Å². The SMILES string of the molecule is CCCOc1cccc(C2C3=C(CC(C)(C)CC3=O)Nc3nc(SCc4ccccc4Cl)nn32)c1. The Bertz CT molecular complexity index is 1300. The summed E-state index contributed by atoms with van der Waals surface area (Å²) in [7, 11) is 0. The third-order valence-corrected chi connectivity index (χ3v) is 7.53. The van der Waals surface area contributed by atoms with Crippen molar-refractivity contribution in [1.82, 2.24) is 14.8 Å². The molecule has 5 rings (SSSR count). The van der Waals surface area contributed by atoms with Crippen LogP contribution in [0.3, 0.4) is 0 Å². The van der Waals surface area contributed by atoms with E-state index in [0.717, 1.165) is 46.0 Å². The Balaban J connectivity index is 1.53. The molecule has 0 saturated carbocycles. The normalized spacial score (nSPS) is 18.6. The van der Waals surface area contributed by atoms with Crippen LogP contribution in [0.5, 0.6) is 5.75 Å². The summed E-state index contributed by atoms with van der Waals surface area (Å²) in [4.78, 5) is 18.2. The molecular weight excluding hydrogens is 480 g/mol. The number of Topliss-reactive ketones (excluding diaryl/α,β-unsaturated/α-hetero) is 1. The Labute approximate surface area is 215 Å². The predicted molar refractivity (Wildman–Crippen MR) is 140 cm³/mol. The van der Waals surface area contributed by atoms with Gasteiger partial charge in [-0.05, 0) is 47.6 Å². The zero-order valence-electron chi connectivity index (χ0n) is 20.2. The number of carbonyl (C=O) groups is 1. The Morgan fingerprint density at radius 2 is 2.03 bits per heavy atom. The fourth-order valence-corrected chi connectivity index (χ4v) is 5.83. The molecule has 0 radical (unpaired) electrons. The second-order valence-corrected chi connectivity index (χ2v) is 11.2. The molecule has 0 saturated heterocycles. The van der Waals surface area contributed by atoms with Gasteiger partial charge in [-0.25, -0.2) is 4.68 Å². The first kappa shape index (κ1) is 23.9. The molecule has 1 aliphatic heterocycles. The Hall–Kier alpha value is -2.77. The summed E-state index contributed by atoms with van der Waals surface area (Å²) < 4.78 is 7.75. The molecule has 1 unspecified atom stereocenters. The Morgan fingerprint density at radius 1 is 1.20 bits per heavy atom. The topological polar surface area (TPSA) is 69.0 Å². The summed E-state index contributed by atoms with van der Waals surface area (Å²) in [5.41, 5.74) is 3.61. The summed E-state index contributed by atoms with van der Waals surface area (Å²) >= 11 is 7.87. The molecule has 182 valence electrons. The van der Waals surface area contributed by atoms with E-state index in [1.165, 1.54) is 11.8 Å². The second-order valence-electron chi connectivity index (χ2n) is 9.82. The summed E-state index contributed by atoms with van der Waals surface area (Å²) in [5.74, 6) is 2.26. The van der Waals surface area contributed by atoms with E-state index in [2.05, 4.69) is 26.1 Å². The highest BCUT2D eigenvalue weighted by Gasteiger charge is 2.42. The quantitative estimate of drug-likeness (QED) is 0.359. The number of ether oxygens (including phenoxy) is 1. The minimum atomic E-state index is -0.350. The van der Waals surface area contributed by atoms with Crippen LogP contribution in [0.4, 0.5) is 5.95 Å². The second kappa shape index (κ2) is 9.70. The summed E-state index contributed by atoms with van der Waals surface area (Å²) in [5, 5.41) is 9.66. The molecular formula is C27H29ClN4O2S. The van der Waals surface area contributed by atoms with Crippen molar-refractivity contribution in [2.45, 2.75) is 57.0 Å². The number of fused-ring (bicyclic) bond motifs is 1. The number of ketones is 1. The number of nitrogens with zero attached hydrogens (tertiary/aromatic N) is 3. The average molecular weight is 509 g/mol. The molecule has 8 heteroatoms. The molecule has 35 heavy (non-hydrogen) atoms. The van der Waals surface area contributed by atoms with Gasteiger partial charge < -0.3 is 10.1 Å². The molecule has 1 aliphatic carbocycles. The number of benzene rings is 2. The zero-order chi connectivity index (χ0) is 24.6. The van der Waals surface area contributed by atoms with Gasteiger partial charge in [0.1, 0.15) is 11.8 Å². The fourth-order valence-electron chi connectivity index (χ4n) is 4.71. The van der Waals surface area contributed by atoms with Crippen LogP contribution in [0.2, 0.25) is 5.02 Å². The number of anilines is 1. The highest BCUT2D eigenvalue weighted by Crippen LogP contribution is 2.46. The van der Waals surface area contributed by atoms with Crippen molar-refractivity contribution in [2.75, 3.05) is 11.9 Å². The molecule has 0 fully saturated rings. The van der Waals surface area contributed by atoms with E-state index in [1.54, 1.807) is 0 Å². The maximum Gasteiger partial charge on any atom is 0.227 e. The van der Waals surface area contributed by atoms with E-state index in [4.69, 9.17) is 26.4 Å². The van der Waals surface area contributed by atoms with Gasteiger partial charge >= 0.3 is 0 Å². The first-order chi connectivity index (χ1) is 16.8. The van der Waals surface area contributed by atoms with Crippen LogP contribution in [-0.4, -0.2) is 27.2 Å². The molecule has 0 amide bonds. The van der Waals surface area contributed by atoms with E-state index >= 15 is 0 Å². The smallest absolute Gasteiger partial charge is 0.227 e. The average Bonchev–Trinajstić information content (AvgIpc) is 3.22. The van der Waals surface area contributed by atoms with Crippen LogP contribution >= 0.6 is 23.4 Å². The predicted octanol–water partition coefficient (Wildman–Crippen LogP) is 6.67. The number of hydrogen-bond acceptors (Lipinski definition) is 6. The standard InChI is InChI=1S/C27H29ClN4O2S/c1-4-12-34-19-10-7-9-17(13-19)24-23-21(14-27(2,3)15-22(23)33)29-25-30-26(31-32(24)25)35-16-18-8-5-6-11-20(18)28/h5-11,13,24H,4,12,14-16H2,1-3H3,(H,29,30,31). The van der Waals surface area contributed by atoms with Crippen LogP contribution in [0.25, 0.3) is 0 Å². The number of allylic oxidation sites excluding steroid dienone is 2. The van der Waals surface area contributed by atoms with E-state index < -0.39 is 0 Å². The number of halogens is 1. The van der Waals surface area contributed by atoms with Gasteiger partial charge in [0, 0.05) is 28.5 Å². The minimum absolute atomic E-state index is 0.108. The number of thioether (sulfide) groups is 1. The lowest BCUT2D eigenvalue weighted by Crippen LogP contribution is -2.36. The highest BCUT2D eigenvalue weighted by atomic mass is 35.5. The van der Waals surface area contributed by atoms with Gasteiger partial charge in [0.25, 0.3) is 0 Å². The summed E-state index contributed by atoms with van der Waals surface area (Å²) in [6, 6.07) is 15.4. The van der Waals surface area contributed by atoms with Gasteiger partial charge in [0.2, 0.25) is 11.1 Å². The van der Waals surface area contributed by atoms with Crippen molar-refractivity contribution in [1.29, 1.82) is 0 Å². The molecule has 1 N–H and O–H groups in total. The third kappa shape index (κ3) is 4.98. The van der Waals surface area contributed by atoms with Gasteiger partial charge in [0.15, 0.2) is 5.78 Å². The van der Waals surface area contributed by atoms with E-state index in [9.17, 15) is 4.79 Å². The van der Waals surface area contributed by atoms with Crippen molar-refractivity contribution in [2.24, 2.45) is 5.41 Å². The fraction of sp³-hybridized carbons (Fsp3) is 0.370. The lowest BCUT2D eigenvalue weighted by Gasteiger charge is -2.38. The van der Waals surface area contributed by atoms with E-state index in [-0.39, 0.29) is 17.2 Å². The van der Waals surface area contributed by atoms with Crippen LogP contribution in [-0.2, 0) is 10.5 Å². The van der Waals surface area contributed by atoms with Crippen LogP contribution in [0.15, 0.2) is 65.0 Å². The van der Waals surface area contributed by atoms with Gasteiger partial charge in [-0.2, -0.15) is 4.98 Å². The Morgan fingerprint density at radius 3 is 2.83 bits per heavy atom. The monoisotopic (exact) mass is 508 g/mol. The maximum atomic E-state index is 13.4. The van der Waals surface area contributed by atoms with Crippen LogP contribution in [0, 0.1) is 5.41 Å². The third-order valence-electron chi connectivity index (χ3n) is 6.27. The summed E-state index contributed by atoms with van der Waals surface area (Å²) in [6.45, 7) is 7.00. The van der Waals surface area contributed by atoms with Crippen molar-refractivity contribution < 1.29 is 9.53 Å². The zero-order valence-corrected chi connectivity index (χ0v) is 21.7. The van der Waals surface area contributed by atoms with Gasteiger partial charge in [-0.1, -0.05) is 74.5 Å².